The third kappa shape index (κ3) is 3.00. The molecule has 21 heavy (non-hydrogen) atoms. The first-order valence-corrected chi connectivity index (χ1v) is 9.25. The maximum atomic E-state index is 12.7. The summed E-state index contributed by atoms with van der Waals surface area (Å²) in [6.07, 6.45) is 1.95. The van der Waals surface area contributed by atoms with Gasteiger partial charge in [-0.25, -0.2) is 8.42 Å². The Kier molecular flexibility index (Phi) is 4.07. The second-order valence-electron chi connectivity index (χ2n) is 5.58. The van der Waals surface area contributed by atoms with Crippen molar-refractivity contribution in [3.05, 3.63) is 28.7 Å². The van der Waals surface area contributed by atoms with Gasteiger partial charge in [0.2, 0.25) is 15.9 Å². The van der Waals surface area contributed by atoms with E-state index in [9.17, 15) is 13.2 Å². The van der Waals surface area contributed by atoms with Gasteiger partial charge in [-0.05, 0) is 43.0 Å². The van der Waals surface area contributed by atoms with Crippen molar-refractivity contribution in [3.8, 4) is 0 Å². The van der Waals surface area contributed by atoms with Crippen molar-refractivity contribution in [1.82, 2.24) is 9.62 Å². The number of benzene rings is 1. The number of rotatable bonds is 2. The van der Waals surface area contributed by atoms with Crippen LogP contribution in [0.15, 0.2) is 33.6 Å². The van der Waals surface area contributed by atoms with Gasteiger partial charge in [0.05, 0.1) is 4.90 Å². The zero-order valence-corrected chi connectivity index (χ0v) is 13.9. The number of sulfonamides is 1. The minimum absolute atomic E-state index is 0.0838. The SMILES string of the molecule is O=C1CCC2CN(S(=O)(=O)c3ccc(Br)cc3)CCC2N1. The second kappa shape index (κ2) is 5.70. The van der Waals surface area contributed by atoms with E-state index in [1.54, 1.807) is 28.6 Å². The standard InChI is InChI=1S/C14H17BrN2O3S/c15-11-2-4-12(5-3-11)21(19,20)17-8-7-13-10(9-17)1-6-14(18)16-13/h2-5,10,13H,1,6-9H2,(H,16,18). The molecule has 2 saturated heterocycles. The summed E-state index contributed by atoms with van der Waals surface area (Å²) in [7, 11) is -3.44. The van der Waals surface area contributed by atoms with Crippen LogP contribution in [-0.4, -0.2) is 37.8 Å². The van der Waals surface area contributed by atoms with Gasteiger partial charge in [-0.2, -0.15) is 4.31 Å². The predicted octanol–water partition coefficient (Wildman–Crippen LogP) is 1.74. The van der Waals surface area contributed by atoms with Crippen molar-refractivity contribution in [3.63, 3.8) is 0 Å². The lowest BCUT2D eigenvalue weighted by Gasteiger charge is -2.40. The summed E-state index contributed by atoms with van der Waals surface area (Å²) in [5.74, 6) is 0.308. The number of nitrogens with zero attached hydrogens (tertiary/aromatic N) is 1. The van der Waals surface area contributed by atoms with Crippen molar-refractivity contribution in [2.75, 3.05) is 13.1 Å². The van der Waals surface area contributed by atoms with Gasteiger partial charge in [0.25, 0.3) is 0 Å². The summed E-state index contributed by atoms with van der Waals surface area (Å²) in [5, 5.41) is 2.97. The number of nitrogens with one attached hydrogen (secondary N) is 1. The van der Waals surface area contributed by atoms with Gasteiger partial charge in [-0.3, -0.25) is 4.79 Å². The molecule has 1 amide bonds. The maximum Gasteiger partial charge on any atom is 0.243 e. The van der Waals surface area contributed by atoms with Crippen molar-refractivity contribution in [2.45, 2.75) is 30.2 Å². The minimum atomic E-state index is -3.44. The molecule has 1 aromatic carbocycles. The molecule has 1 aromatic rings. The highest BCUT2D eigenvalue weighted by molar-refractivity contribution is 9.10. The molecule has 5 nitrogen and oxygen atoms in total. The topological polar surface area (TPSA) is 66.5 Å². The first-order valence-electron chi connectivity index (χ1n) is 7.02. The molecule has 2 aliphatic rings. The van der Waals surface area contributed by atoms with Gasteiger partial charge in [-0.15, -0.1) is 0 Å². The van der Waals surface area contributed by atoms with Crippen LogP contribution in [0.4, 0.5) is 0 Å². The highest BCUT2D eigenvalue weighted by Crippen LogP contribution is 2.29. The molecule has 2 unspecified atom stereocenters. The zero-order valence-electron chi connectivity index (χ0n) is 11.5. The molecule has 0 aromatic heterocycles. The molecule has 2 atom stereocenters. The number of fused-ring (bicyclic) bond motifs is 1. The molecule has 3 rings (SSSR count). The van der Waals surface area contributed by atoms with Crippen LogP contribution in [-0.2, 0) is 14.8 Å². The lowest BCUT2D eigenvalue weighted by molar-refractivity contribution is -0.124. The Labute approximate surface area is 132 Å². The third-order valence-corrected chi connectivity index (χ3v) is 6.64. The summed E-state index contributed by atoms with van der Waals surface area (Å²) in [5.41, 5.74) is 0. The molecular formula is C14H17BrN2O3S. The average Bonchev–Trinajstić information content (AvgIpc) is 2.47. The second-order valence-corrected chi connectivity index (χ2v) is 8.43. The monoisotopic (exact) mass is 372 g/mol. The number of amides is 1. The fourth-order valence-electron chi connectivity index (χ4n) is 3.05. The summed E-state index contributed by atoms with van der Waals surface area (Å²) >= 11 is 3.31. The van der Waals surface area contributed by atoms with Crippen LogP contribution >= 0.6 is 15.9 Å². The molecule has 2 aliphatic heterocycles. The quantitative estimate of drug-likeness (QED) is 0.859. The van der Waals surface area contributed by atoms with E-state index in [0.717, 1.165) is 10.9 Å². The van der Waals surface area contributed by atoms with E-state index in [0.29, 0.717) is 30.8 Å². The van der Waals surface area contributed by atoms with Crippen LogP contribution in [0.5, 0.6) is 0 Å². The Morgan fingerprint density at radius 3 is 2.62 bits per heavy atom. The fraction of sp³-hybridized carbons (Fsp3) is 0.500. The summed E-state index contributed by atoms with van der Waals surface area (Å²) in [4.78, 5) is 11.7. The number of halogens is 1. The Morgan fingerprint density at radius 1 is 1.19 bits per heavy atom. The lowest BCUT2D eigenvalue weighted by Crippen LogP contribution is -2.54. The Hall–Kier alpha value is -0.920. The van der Waals surface area contributed by atoms with Gasteiger partial charge in [0.1, 0.15) is 0 Å². The number of carbonyl (C=O) groups excluding carboxylic acids is 1. The fourth-order valence-corrected chi connectivity index (χ4v) is 4.83. The third-order valence-electron chi connectivity index (χ3n) is 4.24. The van der Waals surface area contributed by atoms with Crippen LogP contribution in [0, 0.1) is 5.92 Å². The molecule has 0 bridgehead atoms. The molecule has 2 heterocycles. The van der Waals surface area contributed by atoms with E-state index >= 15 is 0 Å². The zero-order chi connectivity index (χ0) is 15.0. The Balaban J connectivity index is 1.78. The van der Waals surface area contributed by atoms with E-state index in [1.807, 2.05) is 0 Å². The Morgan fingerprint density at radius 2 is 1.90 bits per heavy atom. The predicted molar refractivity (Wildman–Crippen MR) is 82.2 cm³/mol. The highest BCUT2D eigenvalue weighted by Gasteiger charge is 2.38. The highest BCUT2D eigenvalue weighted by atomic mass is 79.9. The molecular weight excluding hydrogens is 356 g/mol. The summed E-state index contributed by atoms with van der Waals surface area (Å²) < 4.78 is 27.7. The van der Waals surface area contributed by atoms with Gasteiger partial charge in [-0.1, -0.05) is 15.9 Å². The van der Waals surface area contributed by atoms with Crippen molar-refractivity contribution < 1.29 is 13.2 Å². The first kappa shape index (κ1) is 15.0. The number of carbonyl (C=O) groups is 1. The van der Waals surface area contributed by atoms with Crippen LogP contribution < -0.4 is 5.32 Å². The molecule has 0 radical (unpaired) electrons. The van der Waals surface area contributed by atoms with Gasteiger partial charge >= 0.3 is 0 Å². The van der Waals surface area contributed by atoms with Crippen molar-refractivity contribution >= 4 is 31.9 Å². The molecule has 114 valence electrons. The maximum absolute atomic E-state index is 12.7. The molecule has 1 N–H and O–H groups in total. The normalized spacial score (nSPS) is 27.0. The molecule has 2 fully saturated rings. The van der Waals surface area contributed by atoms with Crippen LogP contribution in [0.3, 0.4) is 0 Å². The van der Waals surface area contributed by atoms with E-state index in [1.165, 1.54) is 0 Å². The number of piperidine rings is 2. The van der Waals surface area contributed by atoms with Crippen LogP contribution in [0.25, 0.3) is 0 Å². The van der Waals surface area contributed by atoms with E-state index in [2.05, 4.69) is 21.2 Å². The first-order chi connectivity index (χ1) is 9.96. The summed E-state index contributed by atoms with van der Waals surface area (Å²) in [6, 6.07) is 6.84. The van der Waals surface area contributed by atoms with Gasteiger partial charge in [0, 0.05) is 30.0 Å². The minimum Gasteiger partial charge on any atom is -0.353 e. The van der Waals surface area contributed by atoms with Crippen LogP contribution in [0.1, 0.15) is 19.3 Å². The van der Waals surface area contributed by atoms with Gasteiger partial charge in [0.15, 0.2) is 0 Å². The van der Waals surface area contributed by atoms with E-state index < -0.39 is 10.0 Å². The molecule has 0 spiro atoms. The molecule has 0 aliphatic carbocycles. The smallest absolute Gasteiger partial charge is 0.243 e. The van der Waals surface area contributed by atoms with Gasteiger partial charge < -0.3 is 5.32 Å². The van der Waals surface area contributed by atoms with E-state index in [-0.39, 0.29) is 17.9 Å². The largest absolute Gasteiger partial charge is 0.353 e. The van der Waals surface area contributed by atoms with Crippen molar-refractivity contribution in [2.24, 2.45) is 5.92 Å². The molecule has 0 saturated carbocycles. The molecule has 7 heteroatoms. The van der Waals surface area contributed by atoms with Crippen LogP contribution in [0.2, 0.25) is 0 Å². The van der Waals surface area contributed by atoms with E-state index in [4.69, 9.17) is 0 Å². The average molecular weight is 373 g/mol. The lowest BCUT2D eigenvalue weighted by atomic mass is 9.86. The number of hydrogen-bond donors (Lipinski definition) is 1. The number of hydrogen-bond acceptors (Lipinski definition) is 3. The Bertz CT molecular complexity index is 645. The van der Waals surface area contributed by atoms with Crippen molar-refractivity contribution in [1.29, 1.82) is 0 Å². The summed E-state index contributed by atoms with van der Waals surface area (Å²) in [6.45, 7) is 0.948.